The number of hydrogen-bond acceptors (Lipinski definition) is 5. The van der Waals surface area contributed by atoms with Gasteiger partial charge in [0.2, 0.25) is 0 Å². The van der Waals surface area contributed by atoms with Crippen molar-refractivity contribution >= 4 is 17.8 Å². The van der Waals surface area contributed by atoms with E-state index in [-0.39, 0.29) is 18.0 Å². The number of aliphatic imine (C=N–C) groups is 1. The van der Waals surface area contributed by atoms with Crippen molar-refractivity contribution in [1.82, 2.24) is 10.6 Å². The van der Waals surface area contributed by atoms with E-state index in [9.17, 15) is 4.79 Å². The summed E-state index contributed by atoms with van der Waals surface area (Å²) >= 11 is 0. The summed E-state index contributed by atoms with van der Waals surface area (Å²) in [6.07, 6.45) is 4.41. The molecule has 0 bridgehead atoms. The molecule has 0 saturated carbocycles. The molecule has 6 nitrogen and oxygen atoms in total. The maximum Gasteiger partial charge on any atom is 0.256 e. The minimum absolute atomic E-state index is 0.184. The fourth-order valence-corrected chi connectivity index (χ4v) is 1.82. The van der Waals surface area contributed by atoms with Gasteiger partial charge in [-0.2, -0.15) is 0 Å². The Balaban J connectivity index is 2.13. The Morgan fingerprint density at radius 3 is 2.95 bits per heavy atom. The average Bonchev–Trinajstić information content (AvgIpc) is 2.89. The fraction of sp³-hybridized carbons (Fsp3) is 0.214. The van der Waals surface area contributed by atoms with Crippen LogP contribution in [0.3, 0.4) is 0 Å². The molecule has 0 spiro atoms. The molecule has 2 rings (SSSR count). The van der Waals surface area contributed by atoms with Crippen molar-refractivity contribution in [3.63, 3.8) is 0 Å². The molecule has 0 fully saturated rings. The largest absolute Gasteiger partial charge is 0.467 e. The van der Waals surface area contributed by atoms with Crippen LogP contribution in [0.25, 0.3) is 0 Å². The Hall–Kier alpha value is -2.63. The topological polar surface area (TPSA) is 90.5 Å². The molecule has 1 amide bonds. The van der Waals surface area contributed by atoms with Gasteiger partial charge in [0.25, 0.3) is 5.91 Å². The zero-order valence-corrected chi connectivity index (χ0v) is 11.4. The maximum absolute atomic E-state index is 12.1. The Kier molecular flexibility index (Phi) is 4.14. The van der Waals surface area contributed by atoms with Crippen molar-refractivity contribution in [2.24, 2.45) is 4.99 Å². The van der Waals surface area contributed by atoms with Gasteiger partial charge in [0.15, 0.2) is 0 Å². The Morgan fingerprint density at radius 2 is 2.35 bits per heavy atom. The number of rotatable bonds is 4. The molecule has 2 heterocycles. The number of furan rings is 1. The minimum Gasteiger partial charge on any atom is -0.467 e. The van der Waals surface area contributed by atoms with E-state index in [0.29, 0.717) is 11.6 Å². The van der Waals surface area contributed by atoms with Gasteiger partial charge < -0.3 is 20.5 Å². The second-order valence-electron chi connectivity index (χ2n) is 4.37. The third kappa shape index (κ3) is 3.23. The summed E-state index contributed by atoms with van der Waals surface area (Å²) in [5.41, 5.74) is 1.85. The third-order valence-corrected chi connectivity index (χ3v) is 2.68. The first kappa shape index (κ1) is 13.8. The van der Waals surface area contributed by atoms with Crippen molar-refractivity contribution in [2.75, 3.05) is 0 Å². The lowest BCUT2D eigenvalue weighted by molar-refractivity contribution is -0.117. The summed E-state index contributed by atoms with van der Waals surface area (Å²) in [6.45, 7) is 3.99. The van der Waals surface area contributed by atoms with Crippen molar-refractivity contribution < 1.29 is 9.21 Å². The van der Waals surface area contributed by atoms with E-state index in [2.05, 4.69) is 15.6 Å². The smallest absolute Gasteiger partial charge is 0.256 e. The van der Waals surface area contributed by atoms with Crippen molar-refractivity contribution in [3.05, 3.63) is 47.3 Å². The van der Waals surface area contributed by atoms with Gasteiger partial charge in [-0.3, -0.25) is 4.79 Å². The summed E-state index contributed by atoms with van der Waals surface area (Å²) in [7, 11) is 0. The predicted molar refractivity (Wildman–Crippen MR) is 76.4 cm³/mol. The highest BCUT2D eigenvalue weighted by Gasteiger charge is 2.16. The molecule has 0 radical (unpaired) electrons. The molecule has 0 saturated heterocycles. The second kappa shape index (κ2) is 6.01. The molecule has 1 aliphatic heterocycles. The third-order valence-electron chi connectivity index (χ3n) is 2.68. The van der Waals surface area contributed by atoms with E-state index >= 15 is 0 Å². The first-order chi connectivity index (χ1) is 9.60. The van der Waals surface area contributed by atoms with Crippen LogP contribution >= 0.6 is 0 Å². The molecule has 104 valence electrons. The highest BCUT2D eigenvalue weighted by Crippen LogP contribution is 2.10. The van der Waals surface area contributed by atoms with Gasteiger partial charge in [0.05, 0.1) is 18.4 Å². The summed E-state index contributed by atoms with van der Waals surface area (Å²) in [4.78, 5) is 16.3. The lowest BCUT2D eigenvalue weighted by atomic mass is 10.2. The first-order valence-corrected chi connectivity index (χ1v) is 6.16. The van der Waals surface area contributed by atoms with Crippen LogP contribution in [0.1, 0.15) is 19.6 Å². The number of carbonyl (C=O) groups is 1. The summed E-state index contributed by atoms with van der Waals surface area (Å²) < 4.78 is 5.14. The van der Waals surface area contributed by atoms with Crippen LogP contribution in [0.15, 0.2) is 51.0 Å². The molecule has 0 aliphatic carbocycles. The molecule has 6 heteroatoms. The minimum atomic E-state index is -0.370. The molecule has 0 atom stereocenters. The van der Waals surface area contributed by atoms with Gasteiger partial charge in [-0.05, 0) is 32.1 Å². The number of nitrogens with zero attached hydrogens (tertiary/aromatic N) is 1. The normalized spacial score (nSPS) is 16.7. The Morgan fingerprint density at radius 1 is 1.55 bits per heavy atom. The van der Waals surface area contributed by atoms with Crippen molar-refractivity contribution in [3.8, 4) is 0 Å². The summed E-state index contributed by atoms with van der Waals surface area (Å²) in [5, 5.41) is 13.1. The lowest BCUT2D eigenvalue weighted by Crippen LogP contribution is -2.29. The summed E-state index contributed by atoms with van der Waals surface area (Å²) in [5.74, 6) is 0.666. The quantitative estimate of drug-likeness (QED) is 0.576. The number of amides is 1. The standard InChI is InChI=1S/C14H16N4O2/c1-9-6-10(2)18-13(17-9)12(7-15)14(19)16-8-11-4-3-5-20-11/h3-7,15,17H,8H2,1-2H3,(H,16,19)/b13-12-,15-7?. The van der Waals surface area contributed by atoms with Gasteiger partial charge in [-0.1, -0.05) is 0 Å². The van der Waals surface area contributed by atoms with Crippen LogP contribution < -0.4 is 10.6 Å². The zero-order chi connectivity index (χ0) is 14.5. The van der Waals surface area contributed by atoms with Crippen LogP contribution in [0, 0.1) is 5.41 Å². The van der Waals surface area contributed by atoms with E-state index in [4.69, 9.17) is 9.83 Å². The van der Waals surface area contributed by atoms with Gasteiger partial charge in [-0.15, -0.1) is 0 Å². The van der Waals surface area contributed by atoms with Gasteiger partial charge in [0, 0.05) is 17.6 Å². The number of hydrogen-bond donors (Lipinski definition) is 3. The van der Waals surface area contributed by atoms with E-state index in [1.165, 1.54) is 0 Å². The van der Waals surface area contributed by atoms with Crippen LogP contribution in [-0.4, -0.2) is 17.8 Å². The number of carbonyl (C=O) groups excluding carboxylic acids is 1. The molecule has 1 aliphatic rings. The van der Waals surface area contributed by atoms with E-state index in [1.54, 1.807) is 18.4 Å². The van der Waals surface area contributed by atoms with E-state index in [1.807, 2.05) is 19.9 Å². The molecule has 0 unspecified atom stereocenters. The van der Waals surface area contributed by atoms with Gasteiger partial charge >= 0.3 is 0 Å². The zero-order valence-electron chi connectivity index (χ0n) is 11.4. The van der Waals surface area contributed by atoms with Crippen LogP contribution in [-0.2, 0) is 11.3 Å². The maximum atomic E-state index is 12.1. The highest BCUT2D eigenvalue weighted by atomic mass is 16.3. The first-order valence-electron chi connectivity index (χ1n) is 6.16. The molecular weight excluding hydrogens is 256 g/mol. The summed E-state index contributed by atoms with van der Waals surface area (Å²) in [6, 6.07) is 3.52. The van der Waals surface area contributed by atoms with Crippen molar-refractivity contribution in [1.29, 1.82) is 5.41 Å². The van der Waals surface area contributed by atoms with Gasteiger partial charge in [0.1, 0.15) is 11.6 Å². The predicted octanol–water partition coefficient (Wildman–Crippen LogP) is 1.72. The molecular formula is C14H16N4O2. The lowest BCUT2D eigenvalue weighted by Gasteiger charge is -2.15. The molecule has 1 aromatic rings. The number of allylic oxidation sites excluding steroid dienone is 2. The van der Waals surface area contributed by atoms with Gasteiger partial charge in [-0.25, -0.2) is 4.99 Å². The average molecular weight is 272 g/mol. The van der Waals surface area contributed by atoms with E-state index < -0.39 is 0 Å². The molecule has 0 aromatic carbocycles. The van der Waals surface area contributed by atoms with Crippen LogP contribution in [0.2, 0.25) is 0 Å². The Labute approximate surface area is 116 Å². The molecule has 1 aromatic heterocycles. The van der Waals surface area contributed by atoms with Crippen LogP contribution in [0.4, 0.5) is 0 Å². The molecule has 20 heavy (non-hydrogen) atoms. The Bertz CT molecular complexity index is 609. The van der Waals surface area contributed by atoms with E-state index in [0.717, 1.165) is 17.6 Å². The van der Waals surface area contributed by atoms with Crippen molar-refractivity contribution in [2.45, 2.75) is 20.4 Å². The monoisotopic (exact) mass is 272 g/mol. The number of nitrogens with one attached hydrogen (secondary N) is 3. The van der Waals surface area contributed by atoms with Crippen LogP contribution in [0.5, 0.6) is 0 Å². The SMILES string of the molecule is CC1=CC(C)=N/C(=C(/C=N)C(=O)NCc2ccco2)N1. The molecule has 3 N–H and O–H groups in total. The highest BCUT2D eigenvalue weighted by molar-refractivity contribution is 6.12. The second-order valence-corrected chi connectivity index (χ2v) is 4.37. The fourth-order valence-electron chi connectivity index (χ4n) is 1.82.